The number of hydrogen-bond donors (Lipinski definition) is 2. The van der Waals surface area contributed by atoms with Crippen LogP contribution in [-0.2, 0) is 4.74 Å². The summed E-state index contributed by atoms with van der Waals surface area (Å²) < 4.78 is 22.1. The molecule has 9 heteroatoms. The Morgan fingerprint density at radius 1 is 1.03 bits per heavy atom. The number of aromatic hydroxyl groups is 1. The number of nitrogens with zero attached hydrogens (tertiary/aromatic N) is 5. The molecule has 4 fully saturated rings. The van der Waals surface area contributed by atoms with Crippen LogP contribution in [0.15, 0.2) is 42.6 Å². The Bertz CT molecular complexity index is 1570. The molecule has 2 aromatic carbocycles. The lowest BCUT2D eigenvalue weighted by atomic mass is 9.79. The summed E-state index contributed by atoms with van der Waals surface area (Å²) in [6, 6.07) is 11.7. The number of piperazine rings is 1. The van der Waals surface area contributed by atoms with Gasteiger partial charge in [-0.2, -0.15) is 4.98 Å². The summed E-state index contributed by atoms with van der Waals surface area (Å²) in [5, 5.41) is 16.4. The average Bonchev–Trinajstić information content (AvgIpc) is 3.53. The molecule has 0 aliphatic carbocycles. The third-order valence-corrected chi connectivity index (χ3v) is 8.79. The number of rotatable bonds is 3. The van der Waals surface area contributed by atoms with Crippen molar-refractivity contribution in [2.24, 2.45) is 5.41 Å². The minimum atomic E-state index is -0.485. The lowest BCUT2D eigenvalue weighted by Gasteiger charge is -2.47. The van der Waals surface area contributed by atoms with E-state index >= 15 is 4.39 Å². The summed E-state index contributed by atoms with van der Waals surface area (Å²) in [5.41, 5.74) is 1.17. The Kier molecular flexibility index (Phi) is 4.85. The number of anilines is 2. The molecule has 2 atom stereocenters. The number of benzene rings is 2. The van der Waals surface area contributed by atoms with Gasteiger partial charge in [0.1, 0.15) is 22.8 Å². The van der Waals surface area contributed by atoms with Gasteiger partial charge in [-0.1, -0.05) is 24.3 Å². The van der Waals surface area contributed by atoms with Crippen LogP contribution in [0.1, 0.15) is 19.3 Å². The molecule has 4 saturated heterocycles. The van der Waals surface area contributed by atoms with Gasteiger partial charge in [0, 0.05) is 62.0 Å². The highest BCUT2D eigenvalue weighted by atomic mass is 19.1. The van der Waals surface area contributed by atoms with Gasteiger partial charge in [-0.25, -0.2) is 9.37 Å². The minimum Gasteiger partial charge on any atom is -0.508 e. The normalized spacial score (nSPS) is 24.0. The minimum absolute atomic E-state index is 0.0741. The van der Waals surface area contributed by atoms with Crippen molar-refractivity contribution in [3.63, 3.8) is 0 Å². The highest BCUT2D eigenvalue weighted by molar-refractivity contribution is 6.00. The summed E-state index contributed by atoms with van der Waals surface area (Å²) in [7, 11) is 0. The molecule has 4 aliphatic heterocycles. The van der Waals surface area contributed by atoms with Crippen LogP contribution in [0, 0.1) is 11.2 Å². The van der Waals surface area contributed by atoms with Crippen molar-refractivity contribution in [3.8, 4) is 17.0 Å². The van der Waals surface area contributed by atoms with Gasteiger partial charge in [-0.15, -0.1) is 0 Å². The predicted octanol–water partition coefficient (Wildman–Crippen LogP) is 3.86. The van der Waals surface area contributed by atoms with Gasteiger partial charge in [0.2, 0.25) is 5.95 Å². The largest absolute Gasteiger partial charge is 0.508 e. The maximum atomic E-state index is 16.5. The van der Waals surface area contributed by atoms with E-state index in [-0.39, 0.29) is 22.4 Å². The van der Waals surface area contributed by atoms with E-state index in [1.807, 2.05) is 24.3 Å². The summed E-state index contributed by atoms with van der Waals surface area (Å²) >= 11 is 0. The number of pyridine rings is 1. The summed E-state index contributed by atoms with van der Waals surface area (Å²) in [5.74, 6) is 0.907. The first-order valence-electron chi connectivity index (χ1n) is 13.5. The van der Waals surface area contributed by atoms with Crippen molar-refractivity contribution < 1.29 is 14.2 Å². The quantitative estimate of drug-likeness (QED) is 0.428. The first kappa shape index (κ1) is 22.4. The van der Waals surface area contributed by atoms with Crippen LogP contribution >= 0.6 is 0 Å². The zero-order valence-corrected chi connectivity index (χ0v) is 21.0. The molecule has 1 spiro atoms. The molecule has 0 amide bonds. The molecule has 8 nitrogen and oxygen atoms in total. The van der Waals surface area contributed by atoms with Crippen molar-refractivity contribution in [1.82, 2.24) is 20.3 Å². The van der Waals surface area contributed by atoms with E-state index in [2.05, 4.69) is 20.1 Å². The van der Waals surface area contributed by atoms with E-state index < -0.39 is 5.82 Å². The highest BCUT2D eigenvalue weighted by Gasteiger charge is 2.47. The Balaban J connectivity index is 1.29. The fraction of sp³-hybridized carbons (Fsp3) is 0.414. The molecule has 0 saturated carbocycles. The molecule has 2 aromatic heterocycles. The van der Waals surface area contributed by atoms with E-state index in [1.54, 1.807) is 18.3 Å². The van der Waals surface area contributed by atoms with Crippen molar-refractivity contribution in [2.75, 3.05) is 49.2 Å². The molecule has 0 unspecified atom stereocenters. The van der Waals surface area contributed by atoms with Gasteiger partial charge in [-0.3, -0.25) is 4.98 Å². The average molecular weight is 513 g/mol. The van der Waals surface area contributed by atoms with Crippen LogP contribution in [0.4, 0.5) is 16.2 Å². The first-order chi connectivity index (χ1) is 18.6. The van der Waals surface area contributed by atoms with Gasteiger partial charge >= 0.3 is 0 Å². The highest BCUT2D eigenvalue weighted by Crippen LogP contribution is 2.42. The van der Waals surface area contributed by atoms with E-state index in [0.29, 0.717) is 29.0 Å². The van der Waals surface area contributed by atoms with E-state index in [0.717, 1.165) is 75.2 Å². The van der Waals surface area contributed by atoms with Crippen molar-refractivity contribution in [1.29, 1.82) is 0 Å². The first-order valence-corrected chi connectivity index (χ1v) is 13.5. The van der Waals surface area contributed by atoms with E-state index in [4.69, 9.17) is 14.7 Å². The fourth-order valence-corrected chi connectivity index (χ4v) is 6.86. The summed E-state index contributed by atoms with van der Waals surface area (Å²) in [4.78, 5) is 18.9. The van der Waals surface area contributed by atoms with Crippen molar-refractivity contribution in [3.05, 3.63) is 48.4 Å². The topological polar surface area (TPSA) is 86.6 Å². The maximum Gasteiger partial charge on any atom is 0.228 e. The van der Waals surface area contributed by atoms with Crippen LogP contribution in [0.5, 0.6) is 5.75 Å². The van der Waals surface area contributed by atoms with Gasteiger partial charge < -0.3 is 25.0 Å². The molecule has 4 aromatic rings. The number of aromatic nitrogens is 3. The molecule has 194 valence electrons. The number of phenolic OH excluding ortho intramolecular Hbond substituents is 1. The second-order valence-electron chi connectivity index (χ2n) is 11.4. The van der Waals surface area contributed by atoms with Crippen LogP contribution in [0.25, 0.3) is 32.9 Å². The smallest absolute Gasteiger partial charge is 0.228 e. The number of hydrogen-bond acceptors (Lipinski definition) is 8. The fourth-order valence-electron chi connectivity index (χ4n) is 6.86. The van der Waals surface area contributed by atoms with Gasteiger partial charge in [0.25, 0.3) is 0 Å². The van der Waals surface area contributed by atoms with Crippen LogP contribution in [-0.4, -0.2) is 71.5 Å². The standard InChI is InChI=1S/C29H29FN6O2/c30-24-25(22-10-20(37)9-17-3-1-2-4-21(17)22)31-11-23-26(24)33-28(36-14-29(15-36)7-8-38-16-29)34-27(23)35-12-18-5-6-19(13-35)32-18/h1-4,9-11,18-19,32,37H,5-8,12-16H2/t18-,19+. The zero-order chi connectivity index (χ0) is 25.4. The van der Waals surface area contributed by atoms with Crippen LogP contribution in [0.2, 0.25) is 0 Å². The van der Waals surface area contributed by atoms with Crippen LogP contribution in [0.3, 0.4) is 0 Å². The SMILES string of the molecule is Oc1cc(-c2ncc3c(N4C[C@H]5CC[C@@H](C4)N5)nc(N4CC5(CCOC5)C4)nc3c2F)c2ccccc2c1. The molecule has 2 N–H and O–H groups in total. The van der Waals surface area contributed by atoms with E-state index in [9.17, 15) is 5.11 Å². The monoisotopic (exact) mass is 512 g/mol. The predicted molar refractivity (Wildman–Crippen MR) is 144 cm³/mol. The number of nitrogens with one attached hydrogen (secondary N) is 1. The Morgan fingerprint density at radius 3 is 2.63 bits per heavy atom. The number of ether oxygens (including phenoxy) is 1. The molecule has 6 heterocycles. The summed E-state index contributed by atoms with van der Waals surface area (Å²) in [6.07, 6.45) is 5.04. The second kappa shape index (κ2) is 8.22. The van der Waals surface area contributed by atoms with Crippen LogP contribution < -0.4 is 15.1 Å². The molecule has 4 aliphatic rings. The summed E-state index contributed by atoms with van der Waals surface area (Å²) in [6.45, 7) is 4.87. The Hall–Kier alpha value is -3.56. The third kappa shape index (κ3) is 3.45. The molecule has 0 radical (unpaired) electrons. The number of phenols is 1. The molecule has 8 rings (SSSR count). The van der Waals surface area contributed by atoms with Gasteiger partial charge in [0.05, 0.1) is 12.0 Å². The van der Waals surface area contributed by atoms with E-state index in [1.165, 1.54) is 0 Å². The lowest BCUT2D eigenvalue weighted by Crippen LogP contribution is -2.57. The van der Waals surface area contributed by atoms with Gasteiger partial charge in [-0.05, 0) is 42.2 Å². The Labute approximate surface area is 219 Å². The molecule has 38 heavy (non-hydrogen) atoms. The molecule has 2 bridgehead atoms. The van der Waals surface area contributed by atoms with Crippen molar-refractivity contribution in [2.45, 2.75) is 31.3 Å². The molecular weight excluding hydrogens is 483 g/mol. The lowest BCUT2D eigenvalue weighted by molar-refractivity contribution is 0.130. The molecular formula is C29H29FN6O2. The maximum absolute atomic E-state index is 16.5. The number of halogens is 1. The Morgan fingerprint density at radius 2 is 1.84 bits per heavy atom. The number of fused-ring (bicyclic) bond motifs is 4. The zero-order valence-electron chi connectivity index (χ0n) is 21.0. The second-order valence-corrected chi connectivity index (χ2v) is 11.4. The van der Waals surface area contributed by atoms with Crippen molar-refractivity contribution >= 4 is 33.4 Å². The third-order valence-electron chi connectivity index (χ3n) is 8.79. The van der Waals surface area contributed by atoms with Gasteiger partial charge in [0.15, 0.2) is 5.82 Å².